The minimum Gasteiger partial charge on any atom is -0.465 e. The van der Waals surface area contributed by atoms with Gasteiger partial charge in [-0.05, 0) is 42.9 Å². The molecule has 1 aromatic carbocycles. The molecule has 0 heterocycles. The molecule has 3 heteroatoms. The molecular weight excluding hydrogens is 214 g/mol. The number of benzene rings is 1. The van der Waals surface area contributed by atoms with Gasteiger partial charge in [0.1, 0.15) is 0 Å². The Labute approximate surface area is 101 Å². The molecule has 0 N–H and O–H groups in total. The maximum atomic E-state index is 11.7. The molecule has 0 aliphatic heterocycles. The van der Waals surface area contributed by atoms with E-state index in [1.165, 1.54) is 11.1 Å². The zero-order valence-corrected chi connectivity index (χ0v) is 9.90. The molecule has 0 bridgehead atoms. The van der Waals surface area contributed by atoms with E-state index in [4.69, 9.17) is 10.00 Å². The van der Waals surface area contributed by atoms with Gasteiger partial charge in [0.05, 0.1) is 12.7 Å². The summed E-state index contributed by atoms with van der Waals surface area (Å²) in [6.07, 6.45) is 3.11. The molecule has 0 saturated carbocycles. The van der Waals surface area contributed by atoms with Gasteiger partial charge in [0.2, 0.25) is 0 Å². The van der Waals surface area contributed by atoms with Crippen molar-refractivity contribution >= 4 is 5.97 Å². The van der Waals surface area contributed by atoms with Gasteiger partial charge in [0, 0.05) is 0 Å². The molecule has 88 valence electrons. The Morgan fingerprint density at radius 3 is 3.06 bits per heavy atom. The highest BCUT2D eigenvalue weighted by Gasteiger charge is 2.26. The van der Waals surface area contributed by atoms with Gasteiger partial charge >= 0.3 is 5.97 Å². The smallest absolute Gasteiger partial charge is 0.327 e. The summed E-state index contributed by atoms with van der Waals surface area (Å²) in [6.45, 7) is 2.06. The first-order chi connectivity index (χ1) is 8.27. The zero-order valence-electron chi connectivity index (χ0n) is 9.90. The van der Waals surface area contributed by atoms with Gasteiger partial charge in [-0.1, -0.05) is 18.2 Å². The standard InChI is InChI=1S/C14H15NO2/c1-2-17-14(16)13(9-15)12-8-4-6-10-5-3-7-11(10)12/h4,6,8,13H,2-3,5,7H2,1H3. The van der Waals surface area contributed by atoms with Crippen LogP contribution in [-0.2, 0) is 22.4 Å². The first-order valence-electron chi connectivity index (χ1n) is 5.94. The van der Waals surface area contributed by atoms with Crippen LogP contribution < -0.4 is 0 Å². The van der Waals surface area contributed by atoms with Crippen molar-refractivity contribution in [2.24, 2.45) is 0 Å². The maximum Gasteiger partial charge on any atom is 0.327 e. The monoisotopic (exact) mass is 229 g/mol. The van der Waals surface area contributed by atoms with Crippen molar-refractivity contribution in [3.8, 4) is 6.07 Å². The summed E-state index contributed by atoms with van der Waals surface area (Å²) in [7, 11) is 0. The molecule has 1 aromatic rings. The molecule has 0 radical (unpaired) electrons. The highest BCUT2D eigenvalue weighted by molar-refractivity contribution is 5.82. The van der Waals surface area contributed by atoms with Gasteiger partial charge in [0.25, 0.3) is 0 Å². The first-order valence-corrected chi connectivity index (χ1v) is 5.94. The van der Waals surface area contributed by atoms with E-state index in [0.717, 1.165) is 24.8 Å². The Kier molecular flexibility index (Phi) is 3.43. The predicted octanol–water partition coefficient (Wildman–Crippen LogP) is 2.35. The van der Waals surface area contributed by atoms with Crippen LogP contribution in [0.15, 0.2) is 18.2 Å². The highest BCUT2D eigenvalue weighted by atomic mass is 16.5. The molecule has 0 fully saturated rings. The zero-order chi connectivity index (χ0) is 12.3. The van der Waals surface area contributed by atoms with Crippen LogP contribution in [0, 0.1) is 11.3 Å². The van der Waals surface area contributed by atoms with E-state index in [0.29, 0.717) is 6.61 Å². The van der Waals surface area contributed by atoms with Crippen LogP contribution in [0.1, 0.15) is 36.0 Å². The third-order valence-corrected chi connectivity index (χ3v) is 3.14. The highest BCUT2D eigenvalue weighted by Crippen LogP contribution is 2.30. The number of esters is 1. The van der Waals surface area contributed by atoms with Crippen molar-refractivity contribution in [2.45, 2.75) is 32.1 Å². The average molecular weight is 229 g/mol. The number of nitriles is 1. The fourth-order valence-corrected chi connectivity index (χ4v) is 2.39. The summed E-state index contributed by atoms with van der Waals surface area (Å²) >= 11 is 0. The Morgan fingerprint density at radius 2 is 2.35 bits per heavy atom. The van der Waals surface area contributed by atoms with E-state index in [-0.39, 0.29) is 0 Å². The normalized spacial score (nSPS) is 14.8. The van der Waals surface area contributed by atoms with Crippen molar-refractivity contribution < 1.29 is 9.53 Å². The fraction of sp³-hybridized carbons (Fsp3) is 0.429. The SMILES string of the molecule is CCOC(=O)C(C#N)c1cccc2c1CCC2. The number of hydrogen-bond donors (Lipinski definition) is 0. The van der Waals surface area contributed by atoms with E-state index in [9.17, 15) is 4.79 Å². The van der Waals surface area contributed by atoms with Crippen LogP contribution in [0.4, 0.5) is 0 Å². The predicted molar refractivity (Wildman–Crippen MR) is 63.5 cm³/mol. The summed E-state index contributed by atoms with van der Waals surface area (Å²) in [6, 6.07) is 7.92. The van der Waals surface area contributed by atoms with Crippen LogP contribution in [-0.4, -0.2) is 12.6 Å². The van der Waals surface area contributed by atoms with Crippen molar-refractivity contribution in [1.82, 2.24) is 0 Å². The summed E-state index contributed by atoms with van der Waals surface area (Å²) in [5, 5.41) is 9.16. The maximum absolute atomic E-state index is 11.7. The third kappa shape index (κ3) is 2.16. The van der Waals surface area contributed by atoms with Crippen LogP contribution >= 0.6 is 0 Å². The quantitative estimate of drug-likeness (QED) is 0.747. The Balaban J connectivity index is 2.36. The lowest BCUT2D eigenvalue weighted by atomic mass is 9.93. The number of carbonyl (C=O) groups is 1. The first kappa shape index (κ1) is 11.7. The second kappa shape index (κ2) is 5.01. The molecule has 2 rings (SSSR count). The molecule has 0 aromatic heterocycles. The number of nitrogens with zero attached hydrogens (tertiary/aromatic N) is 1. The van der Waals surface area contributed by atoms with Gasteiger partial charge in [0.15, 0.2) is 5.92 Å². The number of ether oxygens (including phenoxy) is 1. The Morgan fingerprint density at radius 1 is 1.53 bits per heavy atom. The topological polar surface area (TPSA) is 50.1 Å². The van der Waals surface area contributed by atoms with Gasteiger partial charge < -0.3 is 4.74 Å². The minimum absolute atomic E-state index is 0.312. The molecule has 1 aliphatic rings. The van der Waals surface area contributed by atoms with E-state index in [1.54, 1.807) is 6.92 Å². The van der Waals surface area contributed by atoms with Gasteiger partial charge in [-0.15, -0.1) is 0 Å². The average Bonchev–Trinajstić information content (AvgIpc) is 2.79. The number of carbonyl (C=O) groups excluding carboxylic acids is 1. The van der Waals surface area contributed by atoms with E-state index in [1.807, 2.05) is 12.1 Å². The van der Waals surface area contributed by atoms with Crippen LogP contribution in [0.5, 0.6) is 0 Å². The van der Waals surface area contributed by atoms with E-state index < -0.39 is 11.9 Å². The van der Waals surface area contributed by atoms with Gasteiger partial charge in [-0.25, -0.2) is 0 Å². The number of rotatable bonds is 3. The second-order valence-corrected chi connectivity index (χ2v) is 4.15. The largest absolute Gasteiger partial charge is 0.465 e. The van der Waals surface area contributed by atoms with Crippen LogP contribution in [0.2, 0.25) is 0 Å². The van der Waals surface area contributed by atoms with Crippen molar-refractivity contribution in [1.29, 1.82) is 5.26 Å². The van der Waals surface area contributed by atoms with E-state index >= 15 is 0 Å². The molecule has 1 aliphatic carbocycles. The number of aryl methyl sites for hydroxylation is 1. The van der Waals surface area contributed by atoms with Crippen molar-refractivity contribution in [2.75, 3.05) is 6.61 Å². The lowest BCUT2D eigenvalue weighted by molar-refractivity contribution is -0.143. The third-order valence-electron chi connectivity index (χ3n) is 3.14. The van der Waals surface area contributed by atoms with Crippen molar-refractivity contribution in [3.63, 3.8) is 0 Å². The van der Waals surface area contributed by atoms with E-state index in [2.05, 4.69) is 12.1 Å². The summed E-state index contributed by atoms with van der Waals surface area (Å²) < 4.78 is 4.95. The fourth-order valence-electron chi connectivity index (χ4n) is 2.39. The Hall–Kier alpha value is -1.82. The van der Waals surface area contributed by atoms with Gasteiger partial charge in [-0.2, -0.15) is 5.26 Å². The second-order valence-electron chi connectivity index (χ2n) is 4.15. The van der Waals surface area contributed by atoms with Crippen LogP contribution in [0.25, 0.3) is 0 Å². The Bertz CT molecular complexity index is 474. The molecule has 17 heavy (non-hydrogen) atoms. The molecule has 1 atom stereocenters. The molecule has 0 saturated heterocycles. The number of fused-ring (bicyclic) bond motifs is 1. The molecule has 0 spiro atoms. The molecule has 1 unspecified atom stereocenters. The molecule has 0 amide bonds. The lowest BCUT2D eigenvalue weighted by Gasteiger charge is -2.12. The van der Waals surface area contributed by atoms with Crippen LogP contribution in [0.3, 0.4) is 0 Å². The number of hydrogen-bond acceptors (Lipinski definition) is 3. The minimum atomic E-state index is -0.775. The molecular formula is C14H15NO2. The molecule has 3 nitrogen and oxygen atoms in total. The summed E-state index contributed by atoms with van der Waals surface area (Å²) in [5.74, 6) is -1.21. The van der Waals surface area contributed by atoms with Crippen molar-refractivity contribution in [3.05, 3.63) is 34.9 Å². The van der Waals surface area contributed by atoms with Gasteiger partial charge in [-0.3, -0.25) is 4.79 Å². The lowest BCUT2D eigenvalue weighted by Crippen LogP contribution is -2.16. The summed E-state index contributed by atoms with van der Waals surface area (Å²) in [5.41, 5.74) is 3.28. The summed E-state index contributed by atoms with van der Waals surface area (Å²) in [4.78, 5) is 11.7.